The Balaban J connectivity index is 1.99. The fourth-order valence-corrected chi connectivity index (χ4v) is 4.01. The zero-order valence-electron chi connectivity index (χ0n) is 16.4. The molecule has 0 aliphatic carbocycles. The van der Waals surface area contributed by atoms with Gasteiger partial charge in [-0.05, 0) is 46.6 Å². The van der Waals surface area contributed by atoms with E-state index in [9.17, 15) is 22.8 Å². The van der Waals surface area contributed by atoms with Gasteiger partial charge in [0.1, 0.15) is 10.3 Å². The molecule has 3 rings (SSSR count). The minimum atomic E-state index is -4.63. The van der Waals surface area contributed by atoms with Gasteiger partial charge in [0.25, 0.3) is 11.8 Å². The Morgan fingerprint density at radius 2 is 1.72 bits per heavy atom. The monoisotopic (exact) mass is 548 g/mol. The summed E-state index contributed by atoms with van der Waals surface area (Å²) in [5.41, 5.74) is 0.0658. The molecule has 0 atom stereocenters. The number of hydrogen-bond acceptors (Lipinski definition) is 3. The highest BCUT2D eigenvalue weighted by molar-refractivity contribution is 9.10. The summed E-state index contributed by atoms with van der Waals surface area (Å²) in [6, 6.07) is 7.74. The Hall–Kier alpha value is -2.56. The minimum absolute atomic E-state index is 0.0331. The van der Waals surface area contributed by atoms with E-state index in [-0.39, 0.29) is 37.5 Å². The highest BCUT2D eigenvalue weighted by atomic mass is 79.9. The van der Waals surface area contributed by atoms with Crippen molar-refractivity contribution in [2.75, 3.05) is 12.4 Å². The van der Waals surface area contributed by atoms with Crippen LogP contribution in [0.2, 0.25) is 10.0 Å². The maximum Gasteiger partial charge on any atom is 0.416 e. The van der Waals surface area contributed by atoms with Crippen LogP contribution in [-0.2, 0) is 6.18 Å². The van der Waals surface area contributed by atoms with Crippen molar-refractivity contribution >= 4 is 56.6 Å². The number of nitrogens with zero attached hydrogens (tertiary/aromatic N) is 2. The van der Waals surface area contributed by atoms with Crippen LogP contribution in [0.1, 0.15) is 32.0 Å². The number of alkyl halides is 3. The van der Waals surface area contributed by atoms with Gasteiger partial charge in [-0.3, -0.25) is 9.59 Å². The summed E-state index contributed by atoms with van der Waals surface area (Å²) in [4.78, 5) is 24.9. The predicted molar refractivity (Wildman–Crippen MR) is 119 cm³/mol. The van der Waals surface area contributed by atoms with Gasteiger partial charge in [-0.2, -0.15) is 18.3 Å². The van der Waals surface area contributed by atoms with E-state index in [1.807, 2.05) is 0 Å². The van der Waals surface area contributed by atoms with E-state index in [1.54, 1.807) is 25.1 Å². The van der Waals surface area contributed by atoms with Crippen molar-refractivity contribution < 1.29 is 22.8 Å². The fourth-order valence-electron chi connectivity index (χ4n) is 2.89. The lowest BCUT2D eigenvalue weighted by Crippen LogP contribution is -2.22. The standard InChI is InChI=1S/C20H14BrCl2F3N4O2/c1-9-4-3-5-11(18(31)27-2)16(9)28-19(32)14-8-15(21)30(29-14)17-12(22)6-10(7-13(17)23)20(24,25)26/h3-8H,1-2H3,(H,27,31)(H,28,32). The summed E-state index contributed by atoms with van der Waals surface area (Å²) >= 11 is 15.3. The maximum absolute atomic E-state index is 13.0. The Morgan fingerprint density at radius 3 is 2.28 bits per heavy atom. The molecule has 0 aliphatic rings. The van der Waals surface area contributed by atoms with Crippen LogP contribution in [0, 0.1) is 6.92 Å². The first kappa shape index (κ1) is 24.1. The second-order valence-electron chi connectivity index (χ2n) is 6.58. The third-order valence-corrected chi connectivity index (χ3v) is 5.58. The summed E-state index contributed by atoms with van der Waals surface area (Å²) in [5.74, 6) is -1.04. The van der Waals surface area contributed by atoms with Crippen molar-refractivity contribution in [2.24, 2.45) is 0 Å². The summed E-state index contributed by atoms with van der Waals surface area (Å²) in [6.07, 6.45) is -4.63. The van der Waals surface area contributed by atoms with Gasteiger partial charge in [0.2, 0.25) is 0 Å². The van der Waals surface area contributed by atoms with Crippen LogP contribution in [0.3, 0.4) is 0 Å². The molecular weight excluding hydrogens is 536 g/mol. The average Bonchev–Trinajstić information content (AvgIpc) is 3.09. The van der Waals surface area contributed by atoms with Crippen molar-refractivity contribution in [2.45, 2.75) is 13.1 Å². The number of benzene rings is 2. The number of amides is 2. The molecule has 32 heavy (non-hydrogen) atoms. The van der Waals surface area contributed by atoms with Crippen LogP contribution in [0.5, 0.6) is 0 Å². The van der Waals surface area contributed by atoms with E-state index in [4.69, 9.17) is 23.2 Å². The summed E-state index contributed by atoms with van der Waals surface area (Å²) in [6.45, 7) is 1.72. The van der Waals surface area contributed by atoms with Crippen LogP contribution < -0.4 is 10.6 Å². The van der Waals surface area contributed by atoms with Crippen LogP contribution in [-0.4, -0.2) is 28.6 Å². The average molecular weight is 550 g/mol. The number of hydrogen-bond donors (Lipinski definition) is 2. The second-order valence-corrected chi connectivity index (χ2v) is 8.21. The third kappa shape index (κ3) is 4.77. The lowest BCUT2D eigenvalue weighted by atomic mass is 10.1. The molecule has 3 aromatic rings. The van der Waals surface area contributed by atoms with Gasteiger partial charge in [-0.25, -0.2) is 4.68 Å². The molecule has 12 heteroatoms. The zero-order chi connectivity index (χ0) is 23.8. The van der Waals surface area contributed by atoms with Gasteiger partial charge in [0, 0.05) is 13.1 Å². The molecule has 2 amide bonds. The number of aryl methyl sites for hydroxylation is 1. The summed E-state index contributed by atoms with van der Waals surface area (Å²) in [7, 11) is 1.46. The lowest BCUT2D eigenvalue weighted by molar-refractivity contribution is -0.137. The van der Waals surface area contributed by atoms with Crippen molar-refractivity contribution in [1.29, 1.82) is 0 Å². The predicted octanol–water partition coefficient (Wildman–Crippen LogP) is 5.88. The number of carbonyl (C=O) groups is 2. The van der Waals surface area contributed by atoms with E-state index in [2.05, 4.69) is 31.7 Å². The van der Waals surface area contributed by atoms with E-state index >= 15 is 0 Å². The maximum atomic E-state index is 13.0. The topological polar surface area (TPSA) is 76.0 Å². The van der Waals surface area contributed by atoms with Gasteiger partial charge in [-0.15, -0.1) is 0 Å². The number of aromatic nitrogens is 2. The van der Waals surface area contributed by atoms with Crippen LogP contribution in [0.15, 0.2) is 41.0 Å². The minimum Gasteiger partial charge on any atom is -0.355 e. The number of halogens is 6. The first-order valence-corrected chi connectivity index (χ1v) is 10.4. The van der Waals surface area contributed by atoms with E-state index in [1.165, 1.54) is 13.1 Å². The number of anilines is 1. The SMILES string of the molecule is CNC(=O)c1cccc(C)c1NC(=O)c1cc(Br)n(-c2c(Cl)cc(C(F)(F)F)cc2Cl)n1. The van der Waals surface area contributed by atoms with Crippen molar-refractivity contribution in [3.05, 3.63) is 73.4 Å². The van der Waals surface area contributed by atoms with E-state index < -0.39 is 17.6 Å². The molecule has 0 saturated heterocycles. The largest absolute Gasteiger partial charge is 0.416 e. The molecule has 0 bridgehead atoms. The molecule has 6 nitrogen and oxygen atoms in total. The molecule has 2 N–H and O–H groups in total. The van der Waals surface area contributed by atoms with E-state index in [0.29, 0.717) is 11.3 Å². The normalized spacial score (nSPS) is 11.4. The van der Waals surface area contributed by atoms with Gasteiger partial charge < -0.3 is 10.6 Å². The molecule has 0 radical (unpaired) electrons. The molecule has 168 valence electrons. The van der Waals surface area contributed by atoms with Crippen LogP contribution >= 0.6 is 39.1 Å². The van der Waals surface area contributed by atoms with Gasteiger partial charge in [0.05, 0.1) is 26.9 Å². The number of rotatable bonds is 4. The highest BCUT2D eigenvalue weighted by Gasteiger charge is 2.32. The Labute approximate surface area is 198 Å². The van der Waals surface area contributed by atoms with Crippen molar-refractivity contribution in [3.8, 4) is 5.69 Å². The van der Waals surface area contributed by atoms with E-state index in [0.717, 1.165) is 16.8 Å². The molecular formula is C20H14BrCl2F3N4O2. The number of carbonyl (C=O) groups excluding carboxylic acids is 2. The molecule has 0 unspecified atom stereocenters. The van der Waals surface area contributed by atoms with Gasteiger partial charge in [0.15, 0.2) is 5.69 Å². The molecule has 0 aliphatic heterocycles. The molecule has 0 spiro atoms. The van der Waals surface area contributed by atoms with Crippen LogP contribution in [0.4, 0.5) is 18.9 Å². The molecule has 0 fully saturated rings. The van der Waals surface area contributed by atoms with Gasteiger partial charge >= 0.3 is 6.18 Å². The Morgan fingerprint density at radius 1 is 1.09 bits per heavy atom. The molecule has 1 heterocycles. The van der Waals surface area contributed by atoms with Crippen molar-refractivity contribution in [1.82, 2.24) is 15.1 Å². The quantitative estimate of drug-likeness (QED) is 0.426. The highest BCUT2D eigenvalue weighted by Crippen LogP contribution is 2.38. The first-order chi connectivity index (χ1) is 14.9. The fraction of sp³-hybridized carbons (Fsp3) is 0.150. The second kappa shape index (κ2) is 9.13. The number of nitrogens with one attached hydrogen (secondary N) is 2. The first-order valence-electron chi connectivity index (χ1n) is 8.89. The Bertz CT molecular complexity index is 1210. The summed E-state index contributed by atoms with van der Waals surface area (Å²) < 4.78 is 40.3. The Kier molecular flexibility index (Phi) is 6.87. The third-order valence-electron chi connectivity index (χ3n) is 4.44. The molecule has 0 saturated carbocycles. The lowest BCUT2D eigenvalue weighted by Gasteiger charge is -2.13. The zero-order valence-corrected chi connectivity index (χ0v) is 19.5. The molecule has 1 aromatic heterocycles. The summed E-state index contributed by atoms with van der Waals surface area (Å²) in [5, 5.41) is 8.66. The van der Waals surface area contributed by atoms with Gasteiger partial charge in [-0.1, -0.05) is 35.3 Å². The smallest absolute Gasteiger partial charge is 0.355 e. The molecule has 2 aromatic carbocycles. The van der Waals surface area contributed by atoms with Crippen LogP contribution in [0.25, 0.3) is 5.69 Å². The van der Waals surface area contributed by atoms with Crippen molar-refractivity contribution in [3.63, 3.8) is 0 Å². The number of para-hydroxylation sites is 1.